The maximum atomic E-state index is 10.8. The summed E-state index contributed by atoms with van der Waals surface area (Å²) in [7, 11) is 0. The fourth-order valence-corrected chi connectivity index (χ4v) is 0.979. The van der Waals surface area contributed by atoms with E-state index < -0.39 is 12.0 Å². The van der Waals surface area contributed by atoms with Crippen LogP contribution in [0.2, 0.25) is 0 Å². The van der Waals surface area contributed by atoms with Crippen LogP contribution in [-0.4, -0.2) is 38.6 Å². The number of hydrogen-bond acceptors (Lipinski definition) is 4. The molecule has 0 aliphatic rings. The first kappa shape index (κ1) is 9.26. The van der Waals surface area contributed by atoms with Gasteiger partial charge in [-0.25, -0.2) is 4.98 Å². The number of carbonyl (C=O) groups excluding carboxylic acids is 1. The van der Waals surface area contributed by atoms with Gasteiger partial charge in [0.15, 0.2) is 0 Å². The van der Waals surface area contributed by atoms with Crippen LogP contribution in [0.15, 0.2) is 12.5 Å². The van der Waals surface area contributed by atoms with E-state index in [1.54, 1.807) is 6.20 Å². The van der Waals surface area contributed by atoms with Gasteiger partial charge in [-0.2, -0.15) is 0 Å². The van der Waals surface area contributed by atoms with E-state index in [-0.39, 0.29) is 0 Å². The van der Waals surface area contributed by atoms with Crippen molar-refractivity contribution in [1.82, 2.24) is 9.97 Å². The number of nitrogens with one attached hydrogen (secondary N) is 1. The van der Waals surface area contributed by atoms with Gasteiger partial charge in [0.25, 0.3) is 5.97 Å². The largest absolute Gasteiger partial charge is 0.627 e. The first-order chi connectivity index (χ1) is 5.74. The Morgan fingerprint density at radius 3 is 3.17 bits per heavy atom. The van der Waals surface area contributed by atoms with Gasteiger partial charge in [0, 0.05) is 18.3 Å². The molecule has 1 heterocycles. The highest BCUT2D eigenvalue weighted by Crippen LogP contribution is 1.96. The van der Waals surface area contributed by atoms with E-state index >= 15 is 0 Å². The highest BCUT2D eigenvalue weighted by molar-refractivity contribution is 6.06. The summed E-state index contributed by atoms with van der Waals surface area (Å²) in [6, 6.07) is -0.636. The number of H-pyrrole nitrogens is 1. The fraction of sp³-hybridized carbons (Fsp3) is 0.333. The molecule has 1 rings (SSSR count). The predicted molar refractivity (Wildman–Crippen MR) is 42.1 cm³/mol. The van der Waals surface area contributed by atoms with Crippen molar-refractivity contribution in [1.29, 1.82) is 0 Å². The average molecular weight is 181 g/mol. The van der Waals surface area contributed by atoms with Crippen LogP contribution in [-0.2, 0) is 15.0 Å². The van der Waals surface area contributed by atoms with Crippen molar-refractivity contribution in [3.8, 4) is 0 Å². The third-order valence-electron chi connectivity index (χ3n) is 1.41. The lowest BCUT2D eigenvalue weighted by Gasteiger charge is -2.08. The molecule has 5 nitrogen and oxygen atoms in total. The molecule has 0 saturated carbocycles. The van der Waals surface area contributed by atoms with Gasteiger partial charge in [0.1, 0.15) is 6.04 Å². The summed E-state index contributed by atoms with van der Waals surface area (Å²) < 4.78 is 4.38. The van der Waals surface area contributed by atoms with Crippen LogP contribution < -0.4 is 5.73 Å². The van der Waals surface area contributed by atoms with E-state index in [2.05, 4.69) is 13.8 Å². The zero-order chi connectivity index (χ0) is 8.97. The van der Waals surface area contributed by atoms with Crippen LogP contribution >= 0.6 is 0 Å². The topological polar surface area (TPSA) is 81.0 Å². The van der Waals surface area contributed by atoms with Crippen molar-refractivity contribution in [2.24, 2.45) is 5.73 Å². The van der Waals surface area contributed by atoms with Crippen molar-refractivity contribution in [3.63, 3.8) is 0 Å². The molecular weight excluding hydrogens is 173 g/mol. The highest BCUT2D eigenvalue weighted by atomic mass is 27.1. The Kier molecular flexibility index (Phi) is 3.29. The van der Waals surface area contributed by atoms with Crippen molar-refractivity contribution in [2.75, 3.05) is 0 Å². The van der Waals surface area contributed by atoms with Crippen molar-refractivity contribution >= 4 is 22.6 Å². The van der Waals surface area contributed by atoms with Crippen LogP contribution in [0, 0.1) is 0 Å². The summed E-state index contributed by atoms with van der Waals surface area (Å²) in [5.41, 5.74) is 6.30. The Bertz CT molecular complexity index is 249. The van der Waals surface area contributed by atoms with Crippen LogP contribution in [0.3, 0.4) is 0 Å². The molecule has 0 spiro atoms. The maximum absolute atomic E-state index is 10.8. The third kappa shape index (κ3) is 2.34. The van der Waals surface area contributed by atoms with E-state index in [9.17, 15) is 4.79 Å². The summed E-state index contributed by atoms with van der Waals surface area (Å²) in [5.74, 6) is -0.449. The number of rotatable bonds is 3. The molecule has 2 radical (unpaired) electrons. The fourth-order valence-electron chi connectivity index (χ4n) is 0.804. The number of aromatic amines is 1. The Hall–Kier alpha value is -0.828. The standard InChI is InChI=1S/C6H9N3O2.Al/c7-5(6(10)11)1-4-2-8-3-9-4;/h2-3,5H,1,7H2,(H,8,9)(H,10,11);/q;+1/p-1. The second kappa shape index (κ2) is 4.26. The minimum atomic E-state index is -0.636. The SMILES string of the molecule is NC(Cc1cnc[nH]1)C(=O)[O][Al]. The molecule has 12 heavy (non-hydrogen) atoms. The number of imidazole rings is 1. The Labute approximate surface area is 78.1 Å². The summed E-state index contributed by atoms with van der Waals surface area (Å²) in [4.78, 5) is 17.5. The molecule has 6 heteroatoms. The summed E-state index contributed by atoms with van der Waals surface area (Å²) in [5, 5.41) is 0. The Morgan fingerprint density at radius 2 is 2.67 bits per heavy atom. The van der Waals surface area contributed by atoms with Crippen molar-refractivity contribution in [3.05, 3.63) is 18.2 Å². The van der Waals surface area contributed by atoms with Gasteiger partial charge in [-0.15, -0.1) is 0 Å². The normalized spacial score (nSPS) is 12.4. The van der Waals surface area contributed by atoms with E-state index in [1.807, 2.05) is 16.6 Å². The number of hydrogen-bond donors (Lipinski definition) is 2. The van der Waals surface area contributed by atoms with Gasteiger partial charge in [-0.05, 0) is 0 Å². The predicted octanol–water partition coefficient (Wildman–Crippen LogP) is -1.09. The second-order valence-corrected chi connectivity index (χ2v) is 2.56. The second-order valence-electron chi connectivity index (χ2n) is 2.32. The molecule has 1 unspecified atom stereocenters. The smallest absolute Gasteiger partial charge is 0.484 e. The van der Waals surface area contributed by atoms with E-state index in [0.717, 1.165) is 5.69 Å². The molecule has 0 amide bonds. The third-order valence-corrected chi connectivity index (χ3v) is 1.65. The van der Waals surface area contributed by atoms with E-state index in [0.29, 0.717) is 6.42 Å². The summed E-state index contributed by atoms with van der Waals surface area (Å²) in [6.45, 7) is 0. The molecule has 3 N–H and O–H groups in total. The molecule has 0 fully saturated rings. The Morgan fingerprint density at radius 1 is 1.92 bits per heavy atom. The quantitative estimate of drug-likeness (QED) is 0.580. The molecule has 62 valence electrons. The van der Waals surface area contributed by atoms with E-state index in [1.165, 1.54) is 6.33 Å². The van der Waals surface area contributed by atoms with Gasteiger partial charge in [0.2, 0.25) is 0 Å². The minimum absolute atomic E-state index is 0.410. The lowest BCUT2D eigenvalue weighted by molar-refractivity contribution is -0.135. The maximum Gasteiger partial charge on any atom is 0.484 e. The molecule has 1 aromatic rings. The molecule has 1 aromatic heterocycles. The lowest BCUT2D eigenvalue weighted by atomic mass is 10.2. The van der Waals surface area contributed by atoms with Crippen LogP contribution in [0.5, 0.6) is 0 Å². The molecule has 0 bridgehead atoms. The summed E-state index contributed by atoms with van der Waals surface area (Å²) in [6.07, 6.45) is 3.57. The zero-order valence-corrected chi connectivity index (χ0v) is 7.51. The first-order valence-electron chi connectivity index (χ1n) is 3.37. The van der Waals surface area contributed by atoms with Crippen LogP contribution in [0.1, 0.15) is 5.69 Å². The van der Waals surface area contributed by atoms with Crippen molar-refractivity contribution < 1.29 is 8.58 Å². The van der Waals surface area contributed by atoms with Crippen molar-refractivity contribution in [2.45, 2.75) is 12.5 Å². The zero-order valence-electron chi connectivity index (χ0n) is 6.36. The monoisotopic (exact) mass is 181 g/mol. The molecule has 0 aliphatic heterocycles. The van der Waals surface area contributed by atoms with E-state index in [4.69, 9.17) is 5.73 Å². The summed E-state index contributed by atoms with van der Waals surface area (Å²) >= 11 is 1.87. The van der Waals surface area contributed by atoms with Gasteiger partial charge >= 0.3 is 16.6 Å². The number of nitrogens with two attached hydrogens (primary N) is 1. The number of carbonyl (C=O) groups is 1. The number of aromatic nitrogens is 2. The highest BCUT2D eigenvalue weighted by Gasteiger charge is 2.13. The van der Waals surface area contributed by atoms with Gasteiger partial charge in [0.05, 0.1) is 6.33 Å². The average Bonchev–Trinajstić information content (AvgIpc) is 2.55. The van der Waals surface area contributed by atoms with Gasteiger partial charge in [-0.1, -0.05) is 0 Å². The van der Waals surface area contributed by atoms with Gasteiger partial charge < -0.3 is 14.5 Å². The van der Waals surface area contributed by atoms with Crippen LogP contribution in [0.4, 0.5) is 0 Å². The Balaban J connectivity index is 2.47. The molecule has 0 aromatic carbocycles. The molecule has 0 saturated heterocycles. The van der Waals surface area contributed by atoms with Crippen LogP contribution in [0.25, 0.3) is 0 Å². The molecule has 1 atom stereocenters. The number of nitrogens with zero attached hydrogens (tertiary/aromatic N) is 1. The molecular formula is C6H8AlN3O2. The minimum Gasteiger partial charge on any atom is -0.627 e. The molecule has 0 aliphatic carbocycles. The first-order valence-corrected chi connectivity index (χ1v) is 3.84. The van der Waals surface area contributed by atoms with Gasteiger partial charge in [-0.3, -0.25) is 4.79 Å². The lowest BCUT2D eigenvalue weighted by Crippen LogP contribution is -2.33.